The molecule has 21 heavy (non-hydrogen) atoms. The Bertz CT molecular complexity index is 518. The number of carbonyl (C=O) groups is 1. The van der Waals surface area contributed by atoms with Gasteiger partial charge in [0.2, 0.25) is 0 Å². The number of ether oxygens (including phenoxy) is 1. The minimum Gasteiger partial charge on any atom is -0.467 e. The van der Waals surface area contributed by atoms with E-state index in [1.807, 2.05) is 30.3 Å². The van der Waals surface area contributed by atoms with Gasteiger partial charge in [0.1, 0.15) is 0 Å². The van der Waals surface area contributed by atoms with Crippen molar-refractivity contribution < 1.29 is 9.53 Å². The van der Waals surface area contributed by atoms with Gasteiger partial charge in [0.15, 0.2) is 11.2 Å². The highest BCUT2D eigenvalue weighted by atomic mass is 32.2. The van der Waals surface area contributed by atoms with Gasteiger partial charge in [-0.3, -0.25) is 0 Å². The van der Waals surface area contributed by atoms with Crippen molar-refractivity contribution in [1.29, 1.82) is 0 Å². The third kappa shape index (κ3) is 4.00. The van der Waals surface area contributed by atoms with Crippen LogP contribution in [-0.2, 0) is 9.53 Å². The monoisotopic (exact) mass is 306 g/mol. The summed E-state index contributed by atoms with van der Waals surface area (Å²) in [5.74, 6) is 0.679. The predicted octanol–water partition coefficient (Wildman–Crippen LogP) is 3.15. The molecule has 1 fully saturated rings. The van der Waals surface area contributed by atoms with Gasteiger partial charge in [0.05, 0.1) is 7.11 Å². The van der Waals surface area contributed by atoms with Crippen LogP contribution in [0.5, 0.6) is 0 Å². The van der Waals surface area contributed by atoms with E-state index < -0.39 is 6.04 Å². The number of aliphatic imine (C=N–C) groups is 1. The maximum atomic E-state index is 12.1. The summed E-state index contributed by atoms with van der Waals surface area (Å²) in [6.07, 6.45) is 2.13. The minimum atomic E-state index is -0.606. The Balaban J connectivity index is 2.26. The molecule has 1 aromatic rings. The fraction of sp³-hybridized carbons (Fsp3) is 0.500. The summed E-state index contributed by atoms with van der Waals surface area (Å²) in [5, 5.41) is 4.29. The summed E-state index contributed by atoms with van der Waals surface area (Å²) < 4.78 is 4.90. The van der Waals surface area contributed by atoms with E-state index in [1.165, 1.54) is 7.11 Å². The average molecular weight is 306 g/mol. The van der Waals surface area contributed by atoms with Gasteiger partial charge in [0.25, 0.3) is 0 Å². The molecule has 5 heteroatoms. The van der Waals surface area contributed by atoms with E-state index in [4.69, 9.17) is 4.74 Å². The van der Waals surface area contributed by atoms with Crippen molar-refractivity contribution in [3.63, 3.8) is 0 Å². The second-order valence-electron chi connectivity index (χ2n) is 5.41. The topological polar surface area (TPSA) is 50.7 Å². The summed E-state index contributed by atoms with van der Waals surface area (Å²) in [5.41, 5.74) is 0.907. The zero-order valence-electron chi connectivity index (χ0n) is 12.8. The molecule has 1 heterocycles. The smallest absolute Gasteiger partial charge is 0.335 e. The van der Waals surface area contributed by atoms with Crippen LogP contribution in [0.3, 0.4) is 0 Å². The molecule has 1 aromatic carbocycles. The van der Waals surface area contributed by atoms with E-state index >= 15 is 0 Å². The summed E-state index contributed by atoms with van der Waals surface area (Å²) in [6.45, 7) is 4.35. The van der Waals surface area contributed by atoms with Gasteiger partial charge < -0.3 is 10.1 Å². The molecule has 1 N–H and O–H groups in total. The molecule has 0 radical (unpaired) electrons. The first-order valence-electron chi connectivity index (χ1n) is 7.19. The Morgan fingerprint density at radius 1 is 1.48 bits per heavy atom. The van der Waals surface area contributed by atoms with Crippen LogP contribution in [0.4, 0.5) is 0 Å². The van der Waals surface area contributed by atoms with Crippen molar-refractivity contribution >= 4 is 22.9 Å². The van der Waals surface area contributed by atoms with Gasteiger partial charge in [0, 0.05) is 11.3 Å². The number of esters is 1. The van der Waals surface area contributed by atoms with Crippen molar-refractivity contribution in [1.82, 2.24) is 5.32 Å². The second-order valence-corrected chi connectivity index (χ2v) is 6.49. The quantitative estimate of drug-likeness (QED) is 0.868. The highest BCUT2D eigenvalue weighted by Crippen LogP contribution is 2.27. The Kier molecular flexibility index (Phi) is 5.28. The zero-order chi connectivity index (χ0) is 15.3. The summed E-state index contributed by atoms with van der Waals surface area (Å²) in [6, 6.07) is 8.93. The number of amidine groups is 1. The number of hydrogen-bond donors (Lipinski definition) is 1. The molecule has 2 rings (SSSR count). The first kappa shape index (κ1) is 15.9. The van der Waals surface area contributed by atoms with E-state index in [2.05, 4.69) is 24.2 Å². The minimum absolute atomic E-state index is 0.0570. The summed E-state index contributed by atoms with van der Waals surface area (Å²) in [4.78, 5) is 16.7. The first-order chi connectivity index (χ1) is 10.1. The SMILES string of the molecule is CCC1(C)CCSC(=NC(C(=O)OC)c2ccccc2)N1. The maximum absolute atomic E-state index is 12.1. The number of nitrogens with zero attached hydrogens (tertiary/aromatic N) is 1. The number of hydrogen-bond acceptors (Lipinski definition) is 4. The van der Waals surface area contributed by atoms with Crippen molar-refractivity contribution in [2.75, 3.05) is 12.9 Å². The van der Waals surface area contributed by atoms with E-state index in [0.29, 0.717) is 0 Å². The van der Waals surface area contributed by atoms with Crippen LogP contribution >= 0.6 is 11.8 Å². The van der Waals surface area contributed by atoms with Crippen LogP contribution in [0.2, 0.25) is 0 Å². The van der Waals surface area contributed by atoms with Crippen LogP contribution < -0.4 is 5.32 Å². The normalized spacial score (nSPS) is 25.2. The number of benzene rings is 1. The molecular formula is C16H22N2O2S. The van der Waals surface area contributed by atoms with Crippen molar-refractivity contribution in [3.8, 4) is 0 Å². The van der Waals surface area contributed by atoms with Gasteiger partial charge in [-0.1, -0.05) is 49.0 Å². The largest absolute Gasteiger partial charge is 0.467 e. The van der Waals surface area contributed by atoms with Gasteiger partial charge in [-0.2, -0.15) is 0 Å². The highest BCUT2D eigenvalue weighted by Gasteiger charge is 2.29. The van der Waals surface area contributed by atoms with E-state index in [1.54, 1.807) is 11.8 Å². The van der Waals surface area contributed by atoms with Crippen LogP contribution in [0.25, 0.3) is 0 Å². The van der Waals surface area contributed by atoms with Crippen molar-refractivity contribution in [2.45, 2.75) is 38.3 Å². The molecule has 0 spiro atoms. The molecule has 114 valence electrons. The van der Waals surface area contributed by atoms with Crippen LogP contribution in [0, 0.1) is 0 Å². The third-order valence-electron chi connectivity index (χ3n) is 3.87. The maximum Gasteiger partial charge on any atom is 0.335 e. The molecule has 1 saturated heterocycles. The Morgan fingerprint density at radius 2 is 2.19 bits per heavy atom. The molecule has 0 saturated carbocycles. The fourth-order valence-electron chi connectivity index (χ4n) is 2.19. The molecule has 0 aromatic heterocycles. The lowest BCUT2D eigenvalue weighted by Crippen LogP contribution is -2.48. The van der Waals surface area contributed by atoms with Crippen LogP contribution in [0.1, 0.15) is 38.3 Å². The molecule has 4 nitrogen and oxygen atoms in total. The number of methoxy groups -OCH3 is 1. The van der Waals surface area contributed by atoms with Crippen molar-refractivity contribution in [2.24, 2.45) is 4.99 Å². The molecule has 2 atom stereocenters. The Labute approximate surface area is 130 Å². The van der Waals surface area contributed by atoms with E-state index in [0.717, 1.165) is 29.3 Å². The first-order valence-corrected chi connectivity index (χ1v) is 8.18. The van der Waals surface area contributed by atoms with E-state index in [-0.39, 0.29) is 11.5 Å². The molecule has 0 amide bonds. The lowest BCUT2D eigenvalue weighted by atomic mass is 9.96. The fourth-order valence-corrected chi connectivity index (χ4v) is 3.44. The highest BCUT2D eigenvalue weighted by molar-refractivity contribution is 8.13. The predicted molar refractivity (Wildman–Crippen MR) is 87.5 cm³/mol. The van der Waals surface area contributed by atoms with Gasteiger partial charge in [-0.15, -0.1) is 0 Å². The molecule has 2 unspecified atom stereocenters. The van der Waals surface area contributed by atoms with Crippen LogP contribution in [-0.4, -0.2) is 29.5 Å². The number of carbonyl (C=O) groups excluding carboxylic acids is 1. The van der Waals surface area contributed by atoms with Gasteiger partial charge in [-0.25, -0.2) is 9.79 Å². The molecule has 0 aliphatic carbocycles. The molecule has 1 aliphatic rings. The van der Waals surface area contributed by atoms with Gasteiger partial charge >= 0.3 is 5.97 Å². The average Bonchev–Trinajstić information content (AvgIpc) is 2.53. The second kappa shape index (κ2) is 6.98. The molecular weight excluding hydrogens is 284 g/mol. The standard InChI is InChI=1S/C16H22N2O2S/c1-4-16(2)10-11-21-15(18-16)17-13(14(19)20-3)12-8-6-5-7-9-12/h5-9,13H,4,10-11H2,1-3H3,(H,17,18). The molecule has 0 bridgehead atoms. The van der Waals surface area contributed by atoms with Crippen LogP contribution in [0.15, 0.2) is 35.3 Å². The lowest BCUT2D eigenvalue weighted by molar-refractivity contribution is -0.142. The molecule has 1 aliphatic heterocycles. The third-order valence-corrected chi connectivity index (χ3v) is 4.76. The number of thioether (sulfide) groups is 1. The Hall–Kier alpha value is -1.49. The van der Waals surface area contributed by atoms with Gasteiger partial charge in [-0.05, 0) is 25.3 Å². The summed E-state index contributed by atoms with van der Waals surface area (Å²) >= 11 is 1.66. The van der Waals surface area contributed by atoms with Crippen molar-refractivity contribution in [3.05, 3.63) is 35.9 Å². The zero-order valence-corrected chi connectivity index (χ0v) is 13.6. The number of rotatable bonds is 4. The summed E-state index contributed by atoms with van der Waals surface area (Å²) in [7, 11) is 1.40. The lowest BCUT2D eigenvalue weighted by Gasteiger charge is -2.35. The van der Waals surface area contributed by atoms with E-state index in [9.17, 15) is 4.79 Å². The Morgan fingerprint density at radius 3 is 2.81 bits per heavy atom. The number of nitrogens with one attached hydrogen (secondary N) is 1.